The third-order valence-electron chi connectivity index (χ3n) is 7.25. The number of amides is 1. The summed E-state index contributed by atoms with van der Waals surface area (Å²) in [5.74, 6) is -1.78. The average molecular weight is 665 g/mol. The lowest BCUT2D eigenvalue weighted by atomic mass is 9.74. The van der Waals surface area contributed by atoms with E-state index in [1.165, 1.54) is 19.2 Å². The third-order valence-corrected chi connectivity index (χ3v) is 8.26. The average Bonchev–Trinajstić information content (AvgIpc) is 3.54. The van der Waals surface area contributed by atoms with Gasteiger partial charge in [-0.3, -0.25) is 19.6 Å². The number of Topliss-reactive ketones (excluding diaryl/α,β-unsaturated/α-hetero) is 1. The highest BCUT2D eigenvalue weighted by Crippen LogP contribution is 2.40. The molecule has 18 heteroatoms. The molecule has 16 nitrogen and oxygen atoms in total. The van der Waals surface area contributed by atoms with E-state index in [1.54, 1.807) is 23.6 Å². The number of hydrogen-bond acceptors (Lipinski definition) is 13. The molecule has 244 valence electrons. The molecule has 1 aliphatic heterocycles. The largest absolute Gasteiger partial charge is 0.490 e. The number of aromatic nitrogens is 3. The standard InChI is InChI=1S/C27H36N8O8S2/c1-16(14-41-18-8-6-17(7-9-18)21-13-34(11-5-10-28)26(30)33(21)4)42-32-23(20-15-44-25(29)31-20)22(36)12-19-24(37)35(27(19,2)3)43-45(38,39)40/h6-9,13,15-16,19,30H,5,10-12,14,28H2,1-4H3,(H2,29,31)(H,38,39,40)/b30-26?,32-23-/t16-,19+/m0/s1. The zero-order chi connectivity index (χ0) is 33.1. The Morgan fingerprint density at radius 2 is 1.98 bits per heavy atom. The van der Waals surface area contributed by atoms with E-state index in [2.05, 4.69) is 14.4 Å². The summed E-state index contributed by atoms with van der Waals surface area (Å²) >= 11 is 1.09. The Bertz CT molecular complexity index is 1740. The zero-order valence-electron chi connectivity index (χ0n) is 25.2. The molecule has 0 saturated carbocycles. The van der Waals surface area contributed by atoms with Crippen LogP contribution in [-0.2, 0) is 42.7 Å². The fourth-order valence-corrected chi connectivity index (χ4v) is 5.70. The van der Waals surface area contributed by atoms with Gasteiger partial charge >= 0.3 is 10.4 Å². The maximum Gasteiger partial charge on any atom is 0.418 e. The number of benzene rings is 1. The number of anilines is 1. The molecule has 2 atom stereocenters. The Morgan fingerprint density at radius 3 is 2.56 bits per heavy atom. The van der Waals surface area contributed by atoms with Gasteiger partial charge in [-0.25, -0.2) is 4.98 Å². The van der Waals surface area contributed by atoms with Crippen LogP contribution < -0.4 is 21.8 Å². The van der Waals surface area contributed by atoms with E-state index < -0.39 is 39.7 Å². The monoisotopic (exact) mass is 664 g/mol. The second kappa shape index (κ2) is 13.5. The first-order valence-electron chi connectivity index (χ1n) is 13.9. The van der Waals surface area contributed by atoms with Crippen LogP contribution in [0.15, 0.2) is 41.0 Å². The van der Waals surface area contributed by atoms with Crippen molar-refractivity contribution in [3.05, 3.63) is 47.2 Å². The number of aryl methyl sites for hydroxylation is 1. The molecule has 4 rings (SSSR count). The summed E-state index contributed by atoms with van der Waals surface area (Å²) in [5, 5.41) is 14.6. The van der Waals surface area contributed by atoms with Crippen LogP contribution in [0, 0.1) is 11.3 Å². The van der Waals surface area contributed by atoms with Crippen molar-refractivity contribution in [3.63, 3.8) is 0 Å². The van der Waals surface area contributed by atoms with Crippen molar-refractivity contribution in [2.24, 2.45) is 23.9 Å². The molecule has 0 spiro atoms. The lowest BCUT2D eigenvalue weighted by Crippen LogP contribution is -2.68. The number of carbonyl (C=O) groups excluding carboxylic acids is 2. The predicted octanol–water partition coefficient (Wildman–Crippen LogP) is 1.48. The van der Waals surface area contributed by atoms with E-state index >= 15 is 0 Å². The number of β-lactam (4-membered cyclic amide) rings is 1. The van der Waals surface area contributed by atoms with Crippen LogP contribution >= 0.6 is 11.3 Å². The summed E-state index contributed by atoms with van der Waals surface area (Å²) in [7, 11) is -3.10. The molecule has 3 heterocycles. The van der Waals surface area contributed by atoms with Gasteiger partial charge < -0.3 is 30.2 Å². The van der Waals surface area contributed by atoms with Gasteiger partial charge in [0.1, 0.15) is 18.1 Å². The van der Waals surface area contributed by atoms with Gasteiger partial charge in [0.25, 0.3) is 5.91 Å². The molecule has 0 radical (unpaired) electrons. The lowest BCUT2D eigenvalue weighted by Gasteiger charge is -2.50. The first-order chi connectivity index (χ1) is 21.1. The Morgan fingerprint density at radius 1 is 1.29 bits per heavy atom. The molecule has 1 aliphatic rings. The number of nitrogens with zero attached hydrogens (tertiary/aromatic N) is 5. The van der Waals surface area contributed by atoms with Gasteiger partial charge in [-0.1, -0.05) is 5.16 Å². The van der Waals surface area contributed by atoms with Crippen molar-refractivity contribution in [1.29, 1.82) is 5.41 Å². The first-order valence-corrected chi connectivity index (χ1v) is 16.1. The molecule has 1 amide bonds. The Balaban J connectivity index is 1.40. The Labute approximate surface area is 263 Å². The maximum absolute atomic E-state index is 13.3. The zero-order valence-corrected chi connectivity index (χ0v) is 26.8. The summed E-state index contributed by atoms with van der Waals surface area (Å²) < 4.78 is 45.0. The third kappa shape index (κ3) is 7.77. The number of nitrogen functional groups attached to an aromatic ring is 1. The first kappa shape index (κ1) is 33.8. The Kier molecular flexibility index (Phi) is 10.1. The number of hydroxylamine groups is 2. The van der Waals surface area contributed by atoms with Gasteiger partial charge in [-0.05, 0) is 63.6 Å². The molecule has 1 aromatic carbocycles. The van der Waals surface area contributed by atoms with Crippen LogP contribution in [-0.4, -0.2) is 74.3 Å². The SMILES string of the molecule is C[C@@H](COc1ccc(-c2cn(CCCN)c(=N)n2C)cc1)O/N=C(\C(=O)C[C@@H]1C(=O)N(OS(=O)(=O)O)C1(C)C)c1csc(N)n1. The van der Waals surface area contributed by atoms with Crippen LogP contribution in [0.3, 0.4) is 0 Å². The smallest absolute Gasteiger partial charge is 0.418 e. The molecule has 0 aliphatic carbocycles. The number of nitrogens with one attached hydrogen (secondary N) is 1. The van der Waals surface area contributed by atoms with Crippen molar-refractivity contribution in [2.45, 2.75) is 51.8 Å². The lowest BCUT2D eigenvalue weighted by molar-refractivity contribution is -0.228. The molecule has 3 aromatic rings. The van der Waals surface area contributed by atoms with Gasteiger partial charge in [-0.15, -0.1) is 15.6 Å². The maximum atomic E-state index is 13.3. The van der Waals surface area contributed by atoms with E-state index in [9.17, 15) is 18.0 Å². The molecular weight excluding hydrogens is 628 g/mol. The van der Waals surface area contributed by atoms with Gasteiger partial charge in [0.2, 0.25) is 5.62 Å². The van der Waals surface area contributed by atoms with E-state index in [0.717, 1.165) is 29.0 Å². The fraction of sp³-hybridized carbons (Fsp3) is 0.444. The summed E-state index contributed by atoms with van der Waals surface area (Å²) in [6.07, 6.45) is 1.73. The highest BCUT2D eigenvalue weighted by Gasteiger charge is 2.57. The molecular formula is C27H36N8O8S2. The van der Waals surface area contributed by atoms with E-state index in [-0.39, 0.29) is 29.6 Å². The second-order valence-electron chi connectivity index (χ2n) is 11.0. The van der Waals surface area contributed by atoms with Gasteiger partial charge in [0, 0.05) is 31.6 Å². The van der Waals surface area contributed by atoms with Gasteiger partial charge in [0.05, 0.1) is 17.2 Å². The highest BCUT2D eigenvalue weighted by molar-refractivity contribution is 7.80. The number of ketones is 1. The summed E-state index contributed by atoms with van der Waals surface area (Å²) in [6, 6.07) is 7.36. The van der Waals surface area contributed by atoms with Crippen LogP contribution in [0.2, 0.25) is 0 Å². The highest BCUT2D eigenvalue weighted by atomic mass is 32.3. The minimum atomic E-state index is -4.93. The quantitative estimate of drug-likeness (QED) is 0.0787. The topological polar surface area (TPSA) is 230 Å². The molecule has 2 aromatic heterocycles. The summed E-state index contributed by atoms with van der Waals surface area (Å²) in [4.78, 5) is 35.5. The van der Waals surface area contributed by atoms with Gasteiger partial charge in [0.15, 0.2) is 22.7 Å². The number of rotatable bonds is 15. The van der Waals surface area contributed by atoms with Crippen LogP contribution in [0.25, 0.3) is 11.3 Å². The number of carbonyl (C=O) groups is 2. The van der Waals surface area contributed by atoms with Crippen molar-refractivity contribution in [3.8, 4) is 17.0 Å². The summed E-state index contributed by atoms with van der Waals surface area (Å²) in [6.45, 7) is 5.96. The fourth-order valence-electron chi connectivity index (χ4n) is 4.70. The van der Waals surface area contributed by atoms with Crippen molar-refractivity contribution >= 4 is 44.3 Å². The number of hydrogen-bond donors (Lipinski definition) is 4. The number of imidazole rings is 1. The van der Waals surface area contributed by atoms with Crippen LogP contribution in [0.1, 0.15) is 39.3 Å². The van der Waals surface area contributed by atoms with Crippen LogP contribution in [0.4, 0.5) is 5.13 Å². The minimum absolute atomic E-state index is 0.0830. The van der Waals surface area contributed by atoms with Crippen LogP contribution in [0.5, 0.6) is 5.75 Å². The molecule has 0 unspecified atom stereocenters. The predicted molar refractivity (Wildman–Crippen MR) is 164 cm³/mol. The van der Waals surface area contributed by atoms with Crippen molar-refractivity contribution in [2.75, 3.05) is 18.9 Å². The van der Waals surface area contributed by atoms with E-state index in [4.69, 9.17) is 31.0 Å². The number of oxime groups is 1. The Hall–Kier alpha value is -4.10. The molecule has 45 heavy (non-hydrogen) atoms. The van der Waals surface area contributed by atoms with E-state index in [0.29, 0.717) is 29.5 Å². The summed E-state index contributed by atoms with van der Waals surface area (Å²) in [5.41, 5.74) is 12.3. The normalized spacial score (nSPS) is 17.2. The molecule has 1 saturated heterocycles. The number of thiazole rings is 1. The number of nitrogens with two attached hydrogens (primary N) is 2. The van der Waals surface area contributed by atoms with Crippen molar-refractivity contribution < 1.29 is 36.4 Å². The molecule has 1 fully saturated rings. The van der Waals surface area contributed by atoms with Crippen molar-refractivity contribution in [1.82, 2.24) is 19.2 Å². The molecule has 6 N–H and O–H groups in total. The van der Waals surface area contributed by atoms with E-state index in [1.807, 2.05) is 29.9 Å². The second-order valence-corrected chi connectivity index (χ2v) is 12.9. The number of ether oxygens (including phenoxy) is 1. The minimum Gasteiger partial charge on any atom is -0.490 e. The molecule has 0 bridgehead atoms. The van der Waals surface area contributed by atoms with Gasteiger partial charge in [-0.2, -0.15) is 13.5 Å².